The highest BCUT2D eigenvalue weighted by Crippen LogP contribution is 2.32. The summed E-state index contributed by atoms with van der Waals surface area (Å²) in [5.41, 5.74) is 5.71. The van der Waals surface area contributed by atoms with Crippen molar-refractivity contribution in [3.8, 4) is 0 Å². The second kappa shape index (κ2) is 5.19. The third-order valence-corrected chi connectivity index (χ3v) is 2.16. The molecule has 0 amide bonds. The fraction of sp³-hybridized carbons (Fsp3) is 0.889. The van der Waals surface area contributed by atoms with Gasteiger partial charge in [-0.1, -0.05) is 0 Å². The van der Waals surface area contributed by atoms with E-state index in [4.69, 9.17) is 15.2 Å². The van der Waals surface area contributed by atoms with Gasteiger partial charge in [-0.05, 0) is 18.8 Å². The van der Waals surface area contributed by atoms with Crippen molar-refractivity contribution in [2.45, 2.75) is 25.6 Å². The van der Waals surface area contributed by atoms with E-state index in [1.54, 1.807) is 14.2 Å². The Labute approximate surface area is 79.1 Å². The highest BCUT2D eigenvalue weighted by atomic mass is 16.7. The van der Waals surface area contributed by atoms with Crippen molar-refractivity contribution in [1.82, 2.24) is 0 Å². The van der Waals surface area contributed by atoms with Crippen LogP contribution >= 0.6 is 0 Å². The molecule has 4 nitrogen and oxygen atoms in total. The molecule has 0 bridgehead atoms. The summed E-state index contributed by atoms with van der Waals surface area (Å²) in [5, 5.41) is 0. The fourth-order valence-electron chi connectivity index (χ4n) is 1.12. The highest BCUT2D eigenvalue weighted by molar-refractivity contribution is 5.80. The van der Waals surface area contributed by atoms with Crippen LogP contribution in [-0.2, 0) is 9.47 Å². The molecule has 1 saturated carbocycles. The van der Waals surface area contributed by atoms with E-state index < -0.39 is 0 Å². The number of ether oxygens (including phenoxy) is 2. The van der Waals surface area contributed by atoms with Gasteiger partial charge in [-0.2, -0.15) is 0 Å². The first-order chi connectivity index (χ1) is 6.26. The van der Waals surface area contributed by atoms with Gasteiger partial charge in [-0.15, -0.1) is 0 Å². The molecule has 0 aromatic heterocycles. The summed E-state index contributed by atoms with van der Waals surface area (Å²) in [4.78, 5) is 4.19. The summed E-state index contributed by atoms with van der Waals surface area (Å²) in [6.07, 6.45) is 3.26. The molecule has 0 aliphatic heterocycles. The van der Waals surface area contributed by atoms with E-state index in [0.717, 1.165) is 18.2 Å². The zero-order chi connectivity index (χ0) is 9.68. The van der Waals surface area contributed by atoms with Gasteiger partial charge < -0.3 is 15.2 Å². The first-order valence-electron chi connectivity index (χ1n) is 4.60. The third-order valence-electron chi connectivity index (χ3n) is 2.16. The predicted octanol–water partition coefficient (Wildman–Crippen LogP) is 0.763. The molecule has 0 unspecified atom stereocenters. The van der Waals surface area contributed by atoms with Crippen LogP contribution in [0.15, 0.2) is 4.99 Å². The Morgan fingerprint density at radius 2 is 2.08 bits per heavy atom. The molecule has 76 valence electrons. The number of hydrogen-bond donors (Lipinski definition) is 1. The van der Waals surface area contributed by atoms with Gasteiger partial charge >= 0.3 is 0 Å². The van der Waals surface area contributed by atoms with Gasteiger partial charge in [-0.25, -0.2) is 0 Å². The normalized spacial score (nSPS) is 18.2. The van der Waals surface area contributed by atoms with Gasteiger partial charge in [0.05, 0.1) is 12.4 Å². The summed E-state index contributed by atoms with van der Waals surface area (Å²) < 4.78 is 9.97. The molecule has 0 atom stereocenters. The topological polar surface area (TPSA) is 56.8 Å². The van der Waals surface area contributed by atoms with Crippen LogP contribution in [0.5, 0.6) is 0 Å². The van der Waals surface area contributed by atoms with E-state index in [-0.39, 0.29) is 6.29 Å². The third kappa shape index (κ3) is 4.24. The van der Waals surface area contributed by atoms with Crippen LogP contribution in [0.1, 0.15) is 19.3 Å². The second-order valence-corrected chi connectivity index (χ2v) is 3.38. The van der Waals surface area contributed by atoms with Crippen LogP contribution in [-0.4, -0.2) is 32.9 Å². The van der Waals surface area contributed by atoms with Crippen molar-refractivity contribution in [1.29, 1.82) is 0 Å². The Morgan fingerprint density at radius 3 is 2.54 bits per heavy atom. The molecule has 13 heavy (non-hydrogen) atoms. The zero-order valence-corrected chi connectivity index (χ0v) is 8.32. The summed E-state index contributed by atoms with van der Waals surface area (Å²) in [6.45, 7) is 0.492. The molecule has 0 spiro atoms. The van der Waals surface area contributed by atoms with Crippen molar-refractivity contribution < 1.29 is 9.47 Å². The lowest BCUT2D eigenvalue weighted by Crippen LogP contribution is -2.20. The maximum Gasteiger partial charge on any atom is 0.176 e. The van der Waals surface area contributed by atoms with Crippen molar-refractivity contribution in [3.63, 3.8) is 0 Å². The number of hydrogen-bond acceptors (Lipinski definition) is 3. The molecule has 1 aliphatic carbocycles. The van der Waals surface area contributed by atoms with Crippen molar-refractivity contribution >= 4 is 5.84 Å². The Morgan fingerprint density at radius 1 is 1.46 bits per heavy atom. The number of nitrogens with two attached hydrogens (primary N) is 1. The average Bonchev–Trinajstić information content (AvgIpc) is 2.90. The molecule has 0 aromatic rings. The second-order valence-electron chi connectivity index (χ2n) is 3.38. The molecule has 0 aromatic carbocycles. The van der Waals surface area contributed by atoms with Gasteiger partial charge in [0, 0.05) is 20.6 Å². The van der Waals surface area contributed by atoms with E-state index >= 15 is 0 Å². The van der Waals surface area contributed by atoms with Crippen LogP contribution in [0.4, 0.5) is 0 Å². The standard InChI is InChI=1S/C9H18N2O2/c1-12-9(13-2)6-11-8(10)5-7-3-4-7/h7,9H,3-6H2,1-2H3,(H2,10,11). The SMILES string of the molecule is COC(CN=C(N)CC1CC1)OC. The zero-order valence-electron chi connectivity index (χ0n) is 8.32. The summed E-state index contributed by atoms with van der Waals surface area (Å²) in [5.74, 6) is 1.51. The Hall–Kier alpha value is -0.610. The van der Waals surface area contributed by atoms with Gasteiger partial charge in [0.25, 0.3) is 0 Å². The predicted molar refractivity (Wildman–Crippen MR) is 51.6 cm³/mol. The first kappa shape index (κ1) is 10.5. The quantitative estimate of drug-likeness (QED) is 0.378. The molecule has 1 rings (SSSR count). The van der Waals surface area contributed by atoms with E-state index in [1.165, 1.54) is 12.8 Å². The monoisotopic (exact) mass is 186 g/mol. The molecular weight excluding hydrogens is 168 g/mol. The van der Waals surface area contributed by atoms with E-state index in [0.29, 0.717) is 6.54 Å². The molecule has 0 heterocycles. The van der Waals surface area contributed by atoms with Gasteiger partial charge in [-0.3, -0.25) is 4.99 Å². The first-order valence-corrected chi connectivity index (χ1v) is 4.60. The lowest BCUT2D eigenvalue weighted by atomic mass is 10.3. The number of nitrogens with zero attached hydrogens (tertiary/aromatic N) is 1. The lowest BCUT2D eigenvalue weighted by molar-refractivity contribution is -0.0937. The fourth-order valence-corrected chi connectivity index (χ4v) is 1.12. The molecular formula is C9H18N2O2. The minimum absolute atomic E-state index is 0.266. The largest absolute Gasteiger partial charge is 0.387 e. The molecule has 0 radical (unpaired) electrons. The number of aliphatic imine (C=N–C) groups is 1. The van der Waals surface area contributed by atoms with Crippen LogP contribution < -0.4 is 5.73 Å². The molecule has 0 saturated heterocycles. The molecule has 2 N–H and O–H groups in total. The maximum absolute atomic E-state index is 5.71. The van der Waals surface area contributed by atoms with Crippen LogP contribution in [0.3, 0.4) is 0 Å². The van der Waals surface area contributed by atoms with Crippen molar-refractivity contribution in [2.24, 2.45) is 16.6 Å². The van der Waals surface area contributed by atoms with Crippen molar-refractivity contribution in [3.05, 3.63) is 0 Å². The smallest absolute Gasteiger partial charge is 0.176 e. The molecule has 1 aliphatic rings. The Balaban J connectivity index is 2.18. The highest BCUT2D eigenvalue weighted by Gasteiger charge is 2.22. The minimum Gasteiger partial charge on any atom is -0.387 e. The van der Waals surface area contributed by atoms with E-state index in [9.17, 15) is 0 Å². The van der Waals surface area contributed by atoms with Gasteiger partial charge in [0.1, 0.15) is 0 Å². The number of methoxy groups -OCH3 is 2. The number of rotatable bonds is 6. The maximum atomic E-state index is 5.71. The van der Waals surface area contributed by atoms with Crippen LogP contribution in [0, 0.1) is 5.92 Å². The van der Waals surface area contributed by atoms with E-state index in [1.807, 2.05) is 0 Å². The molecule has 1 fully saturated rings. The summed E-state index contributed by atoms with van der Waals surface area (Å²) >= 11 is 0. The van der Waals surface area contributed by atoms with Crippen LogP contribution in [0.25, 0.3) is 0 Å². The average molecular weight is 186 g/mol. The Kier molecular flexibility index (Phi) is 4.18. The minimum atomic E-state index is -0.266. The lowest BCUT2D eigenvalue weighted by Gasteiger charge is -2.10. The summed E-state index contributed by atoms with van der Waals surface area (Å²) in [6, 6.07) is 0. The number of amidine groups is 1. The van der Waals surface area contributed by atoms with Gasteiger partial charge in [0.2, 0.25) is 0 Å². The van der Waals surface area contributed by atoms with Crippen molar-refractivity contribution in [2.75, 3.05) is 20.8 Å². The van der Waals surface area contributed by atoms with E-state index in [2.05, 4.69) is 4.99 Å². The molecule has 4 heteroatoms. The Bertz CT molecular complexity index is 174. The van der Waals surface area contributed by atoms with Gasteiger partial charge in [0.15, 0.2) is 6.29 Å². The summed E-state index contributed by atoms with van der Waals surface area (Å²) in [7, 11) is 3.20. The van der Waals surface area contributed by atoms with Crippen LogP contribution in [0.2, 0.25) is 0 Å².